The summed E-state index contributed by atoms with van der Waals surface area (Å²) in [5.41, 5.74) is 2.19. The van der Waals surface area contributed by atoms with Crippen molar-refractivity contribution in [3.05, 3.63) is 69.7 Å². The van der Waals surface area contributed by atoms with Crippen molar-refractivity contribution >= 4 is 52.6 Å². The summed E-state index contributed by atoms with van der Waals surface area (Å²) in [7, 11) is 0. The first-order chi connectivity index (χ1) is 12.1. The average Bonchev–Trinajstić information content (AvgIpc) is 2.62. The monoisotopic (exact) mass is 413 g/mol. The maximum absolute atomic E-state index is 12.1. The van der Waals surface area contributed by atoms with E-state index < -0.39 is 0 Å². The maximum Gasteiger partial charge on any atom is 0.232 e. The van der Waals surface area contributed by atoms with E-state index in [-0.39, 0.29) is 11.2 Å². The van der Waals surface area contributed by atoms with Crippen LogP contribution in [0.3, 0.4) is 0 Å². The van der Waals surface area contributed by atoms with Crippen molar-refractivity contribution in [2.45, 2.75) is 23.7 Å². The fraction of sp³-hybridized carbons (Fsp3) is 0.316. The lowest BCUT2D eigenvalue weighted by Crippen LogP contribution is -2.32. The van der Waals surface area contributed by atoms with Crippen molar-refractivity contribution in [1.29, 1.82) is 0 Å². The molecule has 134 valence electrons. The number of benzene rings is 2. The third-order valence-corrected chi connectivity index (χ3v) is 6.47. The minimum Gasteiger partial charge on any atom is -0.354 e. The van der Waals surface area contributed by atoms with Crippen LogP contribution in [0.1, 0.15) is 18.1 Å². The Labute approximate surface area is 168 Å². The van der Waals surface area contributed by atoms with E-state index >= 15 is 0 Å². The second kappa shape index (κ2) is 11.0. The first-order valence-electron chi connectivity index (χ1n) is 8.02. The van der Waals surface area contributed by atoms with Crippen LogP contribution in [0, 0.1) is 0 Å². The zero-order valence-electron chi connectivity index (χ0n) is 14.0. The summed E-state index contributed by atoms with van der Waals surface area (Å²) in [5, 5.41) is 4.30. The van der Waals surface area contributed by atoms with E-state index in [0.717, 1.165) is 22.8 Å². The number of carbonyl (C=O) groups is 1. The molecule has 0 saturated carbocycles. The Bertz CT molecular complexity index is 662. The van der Waals surface area contributed by atoms with Crippen LogP contribution in [0.2, 0.25) is 10.0 Å². The predicted molar refractivity (Wildman–Crippen MR) is 113 cm³/mol. The van der Waals surface area contributed by atoms with E-state index in [0.29, 0.717) is 16.6 Å². The zero-order chi connectivity index (χ0) is 18.1. The minimum absolute atomic E-state index is 0.0665. The molecule has 2 nitrogen and oxygen atoms in total. The van der Waals surface area contributed by atoms with Gasteiger partial charge in [-0.1, -0.05) is 59.6 Å². The molecule has 2 aromatic rings. The summed E-state index contributed by atoms with van der Waals surface area (Å²) in [6.45, 7) is 2.58. The van der Waals surface area contributed by atoms with Crippen LogP contribution < -0.4 is 5.32 Å². The van der Waals surface area contributed by atoms with Gasteiger partial charge in [0.05, 0.1) is 5.25 Å². The van der Waals surface area contributed by atoms with Crippen LogP contribution in [-0.2, 0) is 16.3 Å². The van der Waals surface area contributed by atoms with Crippen LogP contribution in [0.4, 0.5) is 0 Å². The number of nitrogens with one attached hydrogen (secondary N) is 1. The second-order valence-corrected chi connectivity index (χ2v) is 8.73. The third kappa shape index (κ3) is 7.14. The molecule has 0 fully saturated rings. The van der Waals surface area contributed by atoms with Gasteiger partial charge < -0.3 is 5.32 Å². The topological polar surface area (TPSA) is 29.1 Å². The van der Waals surface area contributed by atoms with E-state index in [1.54, 1.807) is 23.5 Å². The molecule has 2 rings (SSSR count). The van der Waals surface area contributed by atoms with Crippen molar-refractivity contribution in [2.24, 2.45) is 0 Å². The molecule has 1 amide bonds. The van der Waals surface area contributed by atoms with Crippen LogP contribution in [0.25, 0.3) is 0 Å². The standard InChI is InChI=1S/C19H21Cl2NOS2/c1-14(25-12-15-6-3-2-4-7-15)19(23)22-10-11-24-13-16-17(20)8-5-9-18(16)21/h2-9,14H,10-13H2,1H3,(H,22,23)/t14-/m1/s1. The SMILES string of the molecule is C[C@@H](SCc1ccccc1)C(=O)NCCSCc1c(Cl)cccc1Cl. The Kier molecular flexibility index (Phi) is 9.04. The van der Waals surface area contributed by atoms with E-state index in [2.05, 4.69) is 17.4 Å². The largest absolute Gasteiger partial charge is 0.354 e. The van der Waals surface area contributed by atoms with Gasteiger partial charge in [0.1, 0.15) is 0 Å². The normalized spacial score (nSPS) is 12.0. The number of carbonyl (C=O) groups excluding carboxylic acids is 1. The van der Waals surface area contributed by atoms with Crippen molar-refractivity contribution in [3.63, 3.8) is 0 Å². The Balaban J connectivity index is 1.63. The number of thioether (sulfide) groups is 2. The van der Waals surface area contributed by atoms with Gasteiger partial charge in [-0.15, -0.1) is 11.8 Å². The molecule has 1 atom stereocenters. The lowest BCUT2D eigenvalue weighted by molar-refractivity contribution is -0.120. The van der Waals surface area contributed by atoms with E-state index in [1.807, 2.05) is 43.3 Å². The number of halogens is 2. The Hall–Kier alpha value is -0.810. The van der Waals surface area contributed by atoms with Crippen LogP contribution in [0.5, 0.6) is 0 Å². The summed E-state index contributed by atoms with van der Waals surface area (Å²) < 4.78 is 0. The molecule has 1 N–H and O–H groups in total. The third-order valence-electron chi connectivity index (χ3n) is 3.57. The number of hydrogen-bond acceptors (Lipinski definition) is 3. The van der Waals surface area contributed by atoms with Gasteiger partial charge in [-0.2, -0.15) is 11.8 Å². The van der Waals surface area contributed by atoms with Crippen molar-refractivity contribution < 1.29 is 4.79 Å². The number of hydrogen-bond donors (Lipinski definition) is 1. The fourth-order valence-corrected chi connectivity index (χ4v) is 4.57. The van der Waals surface area contributed by atoms with Crippen molar-refractivity contribution in [1.82, 2.24) is 5.32 Å². The Morgan fingerprint density at radius 3 is 2.40 bits per heavy atom. The van der Waals surface area contributed by atoms with Gasteiger partial charge in [-0.25, -0.2) is 0 Å². The highest BCUT2D eigenvalue weighted by atomic mass is 35.5. The average molecular weight is 414 g/mol. The van der Waals surface area contributed by atoms with Gasteiger partial charge in [0.2, 0.25) is 5.91 Å². The van der Waals surface area contributed by atoms with Gasteiger partial charge in [-0.3, -0.25) is 4.79 Å². The highest BCUT2D eigenvalue weighted by Gasteiger charge is 2.12. The van der Waals surface area contributed by atoms with Gasteiger partial charge >= 0.3 is 0 Å². The van der Waals surface area contributed by atoms with E-state index in [1.165, 1.54) is 5.56 Å². The Morgan fingerprint density at radius 1 is 1.04 bits per heavy atom. The summed E-state index contributed by atoms with van der Waals surface area (Å²) >= 11 is 15.7. The smallest absolute Gasteiger partial charge is 0.232 e. The first-order valence-corrected chi connectivity index (χ1v) is 11.0. The molecule has 25 heavy (non-hydrogen) atoms. The molecule has 2 aromatic carbocycles. The van der Waals surface area contributed by atoms with E-state index in [4.69, 9.17) is 23.2 Å². The highest BCUT2D eigenvalue weighted by Crippen LogP contribution is 2.28. The van der Waals surface area contributed by atoms with Crippen LogP contribution >= 0.6 is 46.7 Å². The van der Waals surface area contributed by atoms with E-state index in [9.17, 15) is 4.79 Å². The molecule has 0 aromatic heterocycles. The lowest BCUT2D eigenvalue weighted by atomic mass is 10.2. The summed E-state index contributed by atoms with van der Waals surface area (Å²) in [4.78, 5) is 12.1. The molecule has 0 aliphatic rings. The molecular formula is C19H21Cl2NOS2. The molecule has 0 bridgehead atoms. The summed E-state index contributed by atoms with van der Waals surface area (Å²) in [5.74, 6) is 2.49. The molecule has 0 spiro atoms. The lowest BCUT2D eigenvalue weighted by Gasteiger charge is -2.12. The van der Waals surface area contributed by atoms with Gasteiger partial charge in [0, 0.05) is 33.8 Å². The molecule has 0 aliphatic heterocycles. The molecule has 0 heterocycles. The molecule has 0 aliphatic carbocycles. The molecule has 0 saturated heterocycles. The Morgan fingerprint density at radius 2 is 1.72 bits per heavy atom. The van der Waals surface area contributed by atoms with Crippen LogP contribution in [0.15, 0.2) is 48.5 Å². The second-order valence-electron chi connectivity index (χ2n) is 5.48. The number of amides is 1. The van der Waals surface area contributed by atoms with Crippen LogP contribution in [-0.4, -0.2) is 23.5 Å². The van der Waals surface area contributed by atoms with Crippen molar-refractivity contribution in [3.8, 4) is 0 Å². The summed E-state index contributed by atoms with van der Waals surface area (Å²) in [6.07, 6.45) is 0. The fourth-order valence-electron chi connectivity index (χ4n) is 2.11. The van der Waals surface area contributed by atoms with Crippen molar-refractivity contribution in [2.75, 3.05) is 12.3 Å². The molecule has 6 heteroatoms. The molecular weight excluding hydrogens is 393 g/mol. The minimum atomic E-state index is -0.0665. The maximum atomic E-state index is 12.1. The van der Waals surface area contributed by atoms with Gasteiger partial charge in [0.25, 0.3) is 0 Å². The van der Waals surface area contributed by atoms with Gasteiger partial charge in [0.15, 0.2) is 0 Å². The first kappa shape index (κ1) is 20.5. The predicted octanol–water partition coefficient (Wildman–Crippen LogP) is 5.66. The summed E-state index contributed by atoms with van der Waals surface area (Å²) in [6, 6.07) is 15.7. The highest BCUT2D eigenvalue weighted by molar-refractivity contribution is 7.99. The zero-order valence-corrected chi connectivity index (χ0v) is 17.2. The quantitative estimate of drug-likeness (QED) is 0.537. The number of rotatable bonds is 9. The molecule has 0 unspecified atom stereocenters. The molecule has 0 radical (unpaired) electrons. The van der Waals surface area contributed by atoms with Gasteiger partial charge in [-0.05, 0) is 30.2 Å².